The average Bonchev–Trinajstić information content (AvgIpc) is 3.84. The van der Waals surface area contributed by atoms with Crippen molar-refractivity contribution in [2.45, 2.75) is 0 Å². The van der Waals surface area contributed by atoms with Gasteiger partial charge in [-0.15, -0.1) is 0 Å². The molecule has 0 unspecified atom stereocenters. The molecule has 4 heteroatoms. The Labute approximate surface area is 297 Å². The number of nitrogens with zero attached hydrogens (tertiary/aromatic N) is 4. The van der Waals surface area contributed by atoms with Gasteiger partial charge in [0.1, 0.15) is 5.82 Å². The van der Waals surface area contributed by atoms with Crippen LogP contribution in [0.25, 0.3) is 110 Å². The van der Waals surface area contributed by atoms with Crippen molar-refractivity contribution < 1.29 is 0 Å². The van der Waals surface area contributed by atoms with Crippen LogP contribution in [0.1, 0.15) is 0 Å². The van der Waals surface area contributed by atoms with Gasteiger partial charge >= 0.3 is 0 Å². The van der Waals surface area contributed by atoms with E-state index in [1.807, 2.05) is 0 Å². The first-order chi connectivity index (χ1) is 25.8. The normalized spacial score (nSPS) is 12.2. The molecular weight excluding hydrogens is 633 g/mol. The maximum absolute atomic E-state index is 5.51. The number of hydrogen-bond acceptors (Lipinski definition) is 2. The van der Waals surface area contributed by atoms with E-state index >= 15 is 0 Å². The van der Waals surface area contributed by atoms with E-state index in [1.54, 1.807) is 0 Å². The van der Waals surface area contributed by atoms with Gasteiger partial charge in [-0.1, -0.05) is 127 Å². The molecule has 0 saturated heterocycles. The fourth-order valence-corrected chi connectivity index (χ4v) is 8.71. The average molecular weight is 661 g/mol. The van der Waals surface area contributed by atoms with Gasteiger partial charge in [-0.3, -0.25) is 4.57 Å². The van der Waals surface area contributed by atoms with Crippen LogP contribution in [0, 0.1) is 0 Å². The van der Waals surface area contributed by atoms with Crippen molar-refractivity contribution in [1.82, 2.24) is 18.9 Å². The number of rotatable bonds is 3. The van der Waals surface area contributed by atoms with E-state index in [0.29, 0.717) is 5.82 Å². The Kier molecular flexibility index (Phi) is 5.47. The second-order valence-electron chi connectivity index (χ2n) is 13.8. The third-order valence-electron chi connectivity index (χ3n) is 11.0. The summed E-state index contributed by atoms with van der Waals surface area (Å²) in [5.74, 6) is 1.58. The van der Waals surface area contributed by atoms with Gasteiger partial charge in [0.25, 0.3) is 0 Å². The van der Waals surface area contributed by atoms with Gasteiger partial charge < -0.3 is 4.40 Å². The summed E-state index contributed by atoms with van der Waals surface area (Å²) in [4.78, 5) is 10.7. The minimum atomic E-state index is 0.705. The molecule has 0 atom stereocenters. The van der Waals surface area contributed by atoms with Crippen LogP contribution < -0.4 is 0 Å². The molecule has 0 amide bonds. The number of benzene rings is 8. The number of aromatic nitrogens is 4. The Bertz CT molecular complexity index is 3390. The molecule has 4 aromatic heterocycles. The quantitative estimate of drug-likeness (QED) is 0.189. The zero-order valence-electron chi connectivity index (χ0n) is 28.0. The summed E-state index contributed by atoms with van der Waals surface area (Å²) in [7, 11) is 0. The highest BCUT2D eigenvalue weighted by molar-refractivity contribution is 6.34. The zero-order valence-corrected chi connectivity index (χ0v) is 28.0. The Morgan fingerprint density at radius 1 is 0.365 bits per heavy atom. The lowest BCUT2D eigenvalue weighted by molar-refractivity contribution is 1.08. The van der Waals surface area contributed by atoms with Crippen molar-refractivity contribution in [2.75, 3.05) is 0 Å². The van der Waals surface area contributed by atoms with Crippen molar-refractivity contribution >= 4 is 81.6 Å². The minimum absolute atomic E-state index is 0.705. The molecule has 0 aliphatic carbocycles. The molecule has 0 saturated carbocycles. The summed E-state index contributed by atoms with van der Waals surface area (Å²) in [5, 5.41) is 10.9. The monoisotopic (exact) mass is 660 g/mol. The lowest BCUT2D eigenvalue weighted by Crippen LogP contribution is -2.03. The van der Waals surface area contributed by atoms with Crippen LogP contribution >= 0.6 is 0 Å². The Balaban J connectivity index is 1.26. The lowest BCUT2D eigenvalue weighted by atomic mass is 10.0. The lowest BCUT2D eigenvalue weighted by Gasteiger charge is -2.14. The Morgan fingerprint density at radius 2 is 0.962 bits per heavy atom. The minimum Gasteiger partial charge on any atom is -0.308 e. The molecule has 0 radical (unpaired) electrons. The highest BCUT2D eigenvalue weighted by atomic mass is 15.1. The largest absolute Gasteiger partial charge is 0.308 e. The summed E-state index contributed by atoms with van der Waals surface area (Å²) < 4.78 is 4.90. The third-order valence-corrected chi connectivity index (χ3v) is 11.0. The van der Waals surface area contributed by atoms with E-state index < -0.39 is 0 Å². The van der Waals surface area contributed by atoms with Crippen LogP contribution in [-0.2, 0) is 0 Å². The molecule has 0 fully saturated rings. The summed E-state index contributed by atoms with van der Waals surface area (Å²) in [6.07, 6.45) is 0. The van der Waals surface area contributed by atoms with Gasteiger partial charge in [0, 0.05) is 43.3 Å². The molecule has 12 aromatic rings. The number of fused-ring (bicyclic) bond motifs is 12. The predicted molar refractivity (Wildman–Crippen MR) is 217 cm³/mol. The first-order valence-corrected chi connectivity index (χ1v) is 17.8. The second kappa shape index (κ2) is 10.3. The first-order valence-electron chi connectivity index (χ1n) is 17.8. The molecule has 0 aliphatic heterocycles. The molecule has 12 rings (SSSR count). The summed E-state index contributed by atoms with van der Waals surface area (Å²) in [6, 6.07) is 61.0. The summed E-state index contributed by atoms with van der Waals surface area (Å²) in [5.41, 5.74) is 10.2. The van der Waals surface area contributed by atoms with Crippen LogP contribution in [0.3, 0.4) is 0 Å². The summed E-state index contributed by atoms with van der Waals surface area (Å²) >= 11 is 0. The van der Waals surface area contributed by atoms with E-state index in [2.05, 4.69) is 179 Å². The molecule has 8 aromatic carbocycles. The zero-order chi connectivity index (χ0) is 33.9. The van der Waals surface area contributed by atoms with Gasteiger partial charge in [-0.2, -0.15) is 0 Å². The molecular formula is C48H28N4. The summed E-state index contributed by atoms with van der Waals surface area (Å²) in [6.45, 7) is 0. The fourth-order valence-electron chi connectivity index (χ4n) is 8.71. The van der Waals surface area contributed by atoms with E-state index in [4.69, 9.17) is 9.97 Å². The van der Waals surface area contributed by atoms with E-state index in [9.17, 15) is 0 Å². The molecule has 0 bridgehead atoms. The maximum Gasteiger partial charge on any atom is 0.162 e. The molecule has 0 N–H and O–H groups in total. The van der Waals surface area contributed by atoms with Crippen LogP contribution in [0.4, 0.5) is 0 Å². The third kappa shape index (κ3) is 3.70. The Hall–Kier alpha value is -7.04. The Morgan fingerprint density at radius 3 is 1.77 bits per heavy atom. The first kappa shape index (κ1) is 27.7. The van der Waals surface area contributed by atoms with Crippen molar-refractivity contribution in [3.8, 4) is 28.3 Å². The number of para-hydroxylation sites is 3. The van der Waals surface area contributed by atoms with Gasteiger partial charge in [0.05, 0.1) is 33.1 Å². The van der Waals surface area contributed by atoms with Crippen molar-refractivity contribution in [3.05, 3.63) is 170 Å². The smallest absolute Gasteiger partial charge is 0.162 e. The molecule has 4 nitrogen and oxygen atoms in total. The van der Waals surface area contributed by atoms with Crippen LogP contribution in [-0.4, -0.2) is 18.9 Å². The van der Waals surface area contributed by atoms with Crippen molar-refractivity contribution in [3.63, 3.8) is 0 Å². The highest BCUT2D eigenvalue weighted by Gasteiger charge is 2.26. The molecule has 0 spiro atoms. The van der Waals surface area contributed by atoms with Crippen molar-refractivity contribution in [2.24, 2.45) is 0 Å². The topological polar surface area (TPSA) is 35.1 Å². The van der Waals surface area contributed by atoms with Crippen LogP contribution in [0.5, 0.6) is 0 Å². The van der Waals surface area contributed by atoms with Gasteiger partial charge in [-0.25, -0.2) is 9.97 Å². The number of hydrogen-bond donors (Lipinski definition) is 0. The standard InChI is InChI=1S/C48H28N4/c1-2-12-29(13-3-1)30-22-24-31(25-23-30)47-49-40-19-9-6-17-35(40)48(50-47)52-43-27-33-15-5-4-14-32(33)26-37(43)39-28-38-34-16-7-10-20-41(34)51-42-21-11-8-18-36(42)44(45(38)51)46(39)52/h1-28H. The molecule has 52 heavy (non-hydrogen) atoms. The maximum atomic E-state index is 5.51. The fraction of sp³-hybridized carbons (Fsp3) is 0. The van der Waals surface area contributed by atoms with Gasteiger partial charge in [0.15, 0.2) is 5.82 Å². The van der Waals surface area contributed by atoms with Crippen LogP contribution in [0.15, 0.2) is 170 Å². The molecule has 4 heterocycles. The molecule has 0 aliphatic rings. The van der Waals surface area contributed by atoms with Gasteiger partial charge in [0.2, 0.25) is 0 Å². The van der Waals surface area contributed by atoms with E-state index in [1.165, 1.54) is 76.3 Å². The van der Waals surface area contributed by atoms with E-state index in [-0.39, 0.29) is 0 Å². The second-order valence-corrected chi connectivity index (χ2v) is 13.8. The van der Waals surface area contributed by atoms with E-state index in [0.717, 1.165) is 27.8 Å². The predicted octanol–water partition coefficient (Wildman–Crippen LogP) is 12.4. The SMILES string of the molecule is c1ccc(-c2ccc(-c3nc(-n4c5cc6ccccc6cc5c5cc6c7ccccc7n7c8ccccc8c(c54)c67)c4ccccc4n3)cc2)cc1. The van der Waals surface area contributed by atoms with Gasteiger partial charge in [-0.05, 0) is 64.4 Å². The molecule has 240 valence electrons. The van der Waals surface area contributed by atoms with Crippen LogP contribution in [0.2, 0.25) is 0 Å². The van der Waals surface area contributed by atoms with Crippen molar-refractivity contribution in [1.29, 1.82) is 0 Å². The highest BCUT2D eigenvalue weighted by Crippen LogP contribution is 2.47.